The van der Waals surface area contributed by atoms with Gasteiger partial charge in [-0.3, -0.25) is 0 Å². The molecule has 46 valence electrons. The Morgan fingerprint density at radius 2 is 2.00 bits per heavy atom. The zero-order valence-corrected chi connectivity index (χ0v) is 7.30. The average Bonchev–Trinajstić information content (AvgIpc) is 1.59. The molecule has 0 amide bonds. The predicted octanol–water partition coefficient (Wildman–Crippen LogP) is -4.24. The van der Waals surface area contributed by atoms with Crippen LogP contribution in [0.4, 0.5) is 0 Å². The van der Waals surface area contributed by atoms with Crippen molar-refractivity contribution in [2.24, 2.45) is 0 Å². The van der Waals surface area contributed by atoms with Crippen molar-refractivity contribution < 1.29 is 51.8 Å². The van der Waals surface area contributed by atoms with E-state index in [2.05, 4.69) is 4.18 Å². The average molecular weight is 160 g/mol. The second-order valence-corrected chi connectivity index (χ2v) is 1.69. The summed E-state index contributed by atoms with van der Waals surface area (Å²) in [6, 6.07) is 0. The van der Waals surface area contributed by atoms with Crippen LogP contribution in [0.15, 0.2) is 0 Å². The Morgan fingerprint density at radius 3 is 2.11 bits per heavy atom. The fourth-order valence-corrected chi connectivity index (χ4v) is 0.209. The molecule has 7 heteroatoms. The summed E-state index contributed by atoms with van der Waals surface area (Å²) < 4.78 is 31.4. The maximum atomic E-state index is 9.40. The quantitative estimate of drug-likeness (QED) is 0.182. The van der Waals surface area contributed by atoms with Gasteiger partial charge in [-0.05, 0) is 0 Å². The summed E-state index contributed by atoms with van der Waals surface area (Å²) in [5.74, 6) is 0. The Morgan fingerprint density at radius 1 is 1.56 bits per heavy atom. The molecule has 0 saturated carbocycles. The van der Waals surface area contributed by atoms with Crippen LogP contribution in [0.25, 0.3) is 0 Å². The Hall–Kier alpha value is 0.0700. The van der Waals surface area contributed by atoms with Crippen LogP contribution in [0.1, 0.15) is 0 Å². The summed E-state index contributed by atoms with van der Waals surface area (Å²) in [6.07, 6.45) is 2.27. The van der Waals surface area contributed by atoms with Gasteiger partial charge < -0.3 is 13.8 Å². The monoisotopic (exact) mass is 160 g/mol. The molecule has 0 unspecified atom stereocenters. The second-order valence-electron chi connectivity index (χ2n) is 0.705. The zero-order valence-electron chi connectivity index (χ0n) is 4.49. The van der Waals surface area contributed by atoms with Crippen molar-refractivity contribution in [3.63, 3.8) is 0 Å². The molecule has 0 aromatic carbocycles. The van der Waals surface area contributed by atoms with Crippen molar-refractivity contribution in [2.75, 3.05) is 0 Å². The third kappa shape index (κ3) is 11.6. The SMILES string of the molecule is O=S(=O)([O-])OC#CO.[Na+]. The van der Waals surface area contributed by atoms with Crippen molar-refractivity contribution in [1.82, 2.24) is 0 Å². The van der Waals surface area contributed by atoms with Gasteiger partial charge in [-0.1, -0.05) is 0 Å². The molecule has 9 heavy (non-hydrogen) atoms. The van der Waals surface area contributed by atoms with E-state index < -0.39 is 10.4 Å². The molecule has 0 aromatic rings. The summed E-state index contributed by atoms with van der Waals surface area (Å²) in [7, 11) is -4.77. The van der Waals surface area contributed by atoms with E-state index in [0.717, 1.165) is 6.11 Å². The smallest absolute Gasteiger partial charge is 0.715 e. The molecule has 1 N–H and O–H groups in total. The van der Waals surface area contributed by atoms with Crippen LogP contribution in [-0.2, 0) is 14.6 Å². The van der Waals surface area contributed by atoms with Crippen LogP contribution in [0.2, 0.25) is 0 Å². The van der Waals surface area contributed by atoms with E-state index in [4.69, 9.17) is 5.11 Å². The van der Waals surface area contributed by atoms with E-state index >= 15 is 0 Å². The molecule has 0 atom stereocenters. The minimum absolute atomic E-state index is 0. The summed E-state index contributed by atoms with van der Waals surface area (Å²) in [4.78, 5) is 0. The molecule has 0 saturated heterocycles. The van der Waals surface area contributed by atoms with Gasteiger partial charge in [0.15, 0.2) is 12.2 Å². The minimum Gasteiger partial charge on any atom is -0.715 e. The Kier molecular flexibility index (Phi) is 6.44. The van der Waals surface area contributed by atoms with Gasteiger partial charge >= 0.3 is 29.6 Å². The Bertz CT molecular complexity index is 207. The van der Waals surface area contributed by atoms with Gasteiger partial charge in [0, 0.05) is 0 Å². The first-order valence-corrected chi connectivity index (χ1v) is 2.68. The van der Waals surface area contributed by atoms with Gasteiger partial charge in [-0.25, -0.2) is 0 Å². The zero-order chi connectivity index (χ0) is 6.62. The first kappa shape index (κ1) is 11.8. The third-order valence-corrected chi connectivity index (χ3v) is 0.477. The number of hydrogen-bond donors (Lipinski definition) is 1. The van der Waals surface area contributed by atoms with Crippen molar-refractivity contribution in [2.45, 2.75) is 0 Å². The van der Waals surface area contributed by atoms with E-state index in [1.807, 2.05) is 0 Å². The van der Waals surface area contributed by atoms with Gasteiger partial charge in [0.25, 0.3) is 10.4 Å². The van der Waals surface area contributed by atoms with Gasteiger partial charge in [0.2, 0.25) is 0 Å². The van der Waals surface area contributed by atoms with E-state index in [0.29, 0.717) is 0 Å². The van der Waals surface area contributed by atoms with Crippen molar-refractivity contribution in [3.8, 4) is 12.2 Å². The molecule has 0 fully saturated rings. The predicted molar refractivity (Wildman–Crippen MR) is 20.5 cm³/mol. The van der Waals surface area contributed by atoms with E-state index in [1.54, 1.807) is 0 Å². The molecule has 0 radical (unpaired) electrons. The topological polar surface area (TPSA) is 86.7 Å². The fourth-order valence-electron chi connectivity index (χ4n) is 0.0697. The summed E-state index contributed by atoms with van der Waals surface area (Å²) >= 11 is 0. The molecule has 0 aliphatic carbocycles. The molecular weight excluding hydrogens is 159 g/mol. The van der Waals surface area contributed by atoms with Crippen LogP contribution >= 0.6 is 0 Å². The van der Waals surface area contributed by atoms with Crippen LogP contribution < -0.4 is 29.6 Å². The van der Waals surface area contributed by atoms with Gasteiger partial charge in [0.1, 0.15) is 0 Å². The van der Waals surface area contributed by atoms with Gasteiger partial charge in [-0.2, -0.15) is 8.42 Å². The molecule has 0 rings (SSSR count). The van der Waals surface area contributed by atoms with Crippen molar-refractivity contribution in [3.05, 3.63) is 0 Å². The molecule has 0 bridgehead atoms. The van der Waals surface area contributed by atoms with E-state index in [1.165, 1.54) is 6.11 Å². The van der Waals surface area contributed by atoms with Crippen LogP contribution in [0.5, 0.6) is 0 Å². The molecule has 5 nitrogen and oxygen atoms in total. The maximum Gasteiger partial charge on any atom is 1.00 e. The minimum atomic E-state index is -4.77. The van der Waals surface area contributed by atoms with Crippen LogP contribution in [0.3, 0.4) is 0 Å². The molecule has 0 aliphatic rings. The van der Waals surface area contributed by atoms with Crippen LogP contribution in [0, 0.1) is 12.2 Å². The van der Waals surface area contributed by atoms with E-state index in [9.17, 15) is 13.0 Å². The molecule has 0 aliphatic heterocycles. The molecule has 0 spiro atoms. The molecule has 0 aromatic heterocycles. The summed E-state index contributed by atoms with van der Waals surface area (Å²) in [6.45, 7) is 0. The van der Waals surface area contributed by atoms with Crippen LogP contribution in [-0.4, -0.2) is 18.1 Å². The number of aliphatic hydroxyl groups excluding tert-OH is 1. The normalized spacial score (nSPS) is 8.11. The Labute approximate surface area is 74.3 Å². The number of hydrogen-bond acceptors (Lipinski definition) is 5. The maximum absolute atomic E-state index is 9.40. The molecule has 0 heterocycles. The summed E-state index contributed by atoms with van der Waals surface area (Å²) in [5, 5.41) is 7.54. The van der Waals surface area contributed by atoms with Gasteiger partial charge in [0.05, 0.1) is 0 Å². The standard InChI is InChI=1S/C2H2O5S.Na/c3-1-2-7-8(4,5)6;/h3H,(H,4,5,6);/q;+1/p-1. The van der Waals surface area contributed by atoms with E-state index in [-0.39, 0.29) is 29.6 Å². The summed E-state index contributed by atoms with van der Waals surface area (Å²) in [5.41, 5.74) is 0. The van der Waals surface area contributed by atoms with Crippen molar-refractivity contribution in [1.29, 1.82) is 0 Å². The van der Waals surface area contributed by atoms with Crippen molar-refractivity contribution >= 4 is 10.4 Å². The fraction of sp³-hybridized carbons (Fsp3) is 0. The largest absolute Gasteiger partial charge is 1.00 e. The second kappa shape index (κ2) is 4.90. The molecular formula is C2HNaO5S. The third-order valence-electron chi connectivity index (χ3n) is 0.189. The van der Waals surface area contributed by atoms with Gasteiger partial charge in [-0.15, -0.1) is 0 Å². The number of aliphatic hydroxyl groups is 1. The Balaban J connectivity index is 0. The first-order chi connectivity index (χ1) is 3.56. The first-order valence-electron chi connectivity index (χ1n) is 1.34. The number of rotatable bonds is 1.